The molecule has 8 nitrogen and oxygen atoms in total. The van der Waals surface area contributed by atoms with Crippen LogP contribution in [-0.2, 0) is 11.3 Å². The summed E-state index contributed by atoms with van der Waals surface area (Å²) in [5, 5.41) is 27.8. The van der Waals surface area contributed by atoms with Crippen molar-refractivity contribution in [3.8, 4) is 11.5 Å². The zero-order chi connectivity index (χ0) is 25.0. The number of aliphatic imine (C=N–C) groups is 1. The number of unbranched alkanes of at least 4 members (excludes halogenated alkanes) is 1. The molecule has 0 fully saturated rings. The number of hydrogen-bond donors (Lipinski definition) is 3. The Kier molecular flexibility index (Phi) is 10.3. The van der Waals surface area contributed by atoms with Crippen molar-refractivity contribution in [3.63, 3.8) is 0 Å². The number of nitrogens with zero attached hydrogens (tertiary/aromatic N) is 2. The van der Waals surface area contributed by atoms with E-state index in [9.17, 15) is 9.90 Å². The number of aliphatic hydroxyl groups is 3. The number of carbonyl (C=O) groups is 1. The van der Waals surface area contributed by atoms with Crippen molar-refractivity contribution in [2.45, 2.75) is 38.3 Å². The molecular formula is C27H34N2O6. The lowest BCUT2D eigenvalue weighted by Crippen LogP contribution is -2.32. The topological polar surface area (TPSA) is 112 Å². The molecule has 1 aliphatic rings. The van der Waals surface area contributed by atoms with Crippen LogP contribution in [0.3, 0.4) is 0 Å². The zero-order valence-corrected chi connectivity index (χ0v) is 20.1. The number of anilines is 1. The van der Waals surface area contributed by atoms with Crippen LogP contribution in [-0.4, -0.2) is 67.0 Å². The fraction of sp³-hybridized carbons (Fsp3) is 0.407. The molecule has 0 spiro atoms. The van der Waals surface area contributed by atoms with Gasteiger partial charge in [-0.25, -0.2) is 0 Å². The van der Waals surface area contributed by atoms with Gasteiger partial charge < -0.3 is 34.5 Å². The SMILES string of the molecule is C/N=C(/CCCC=O)N1Cc2cc(OCCCO)ccc2/C=C\c2ccc(OCC(O)CO)cc21. The van der Waals surface area contributed by atoms with Gasteiger partial charge in [0.1, 0.15) is 36.3 Å². The van der Waals surface area contributed by atoms with Gasteiger partial charge in [-0.05, 0) is 47.4 Å². The van der Waals surface area contributed by atoms with Crippen molar-refractivity contribution in [2.24, 2.45) is 4.99 Å². The van der Waals surface area contributed by atoms with Crippen molar-refractivity contribution in [3.05, 3.63) is 53.1 Å². The Hall–Kier alpha value is -3.20. The lowest BCUT2D eigenvalue weighted by molar-refractivity contribution is -0.107. The highest BCUT2D eigenvalue weighted by Gasteiger charge is 2.21. The molecule has 0 aliphatic carbocycles. The molecule has 0 saturated carbocycles. The van der Waals surface area contributed by atoms with Crippen LogP contribution in [0.5, 0.6) is 11.5 Å². The van der Waals surface area contributed by atoms with Gasteiger partial charge in [-0.1, -0.05) is 18.2 Å². The highest BCUT2D eigenvalue weighted by atomic mass is 16.5. The standard InChI is InChI=1S/C27H34N2O6/c1-28-27(5-2-3-12-30)29-17-22-15-24(34-14-4-13-31)10-8-20(22)6-7-21-9-11-25(16-26(21)29)35-19-23(33)18-32/h6-12,15-16,23,31-33H,2-5,13-14,17-19H2,1H3/b7-6-,28-27-. The van der Waals surface area contributed by atoms with Gasteiger partial charge in [-0.15, -0.1) is 0 Å². The minimum absolute atomic E-state index is 0.0173. The summed E-state index contributed by atoms with van der Waals surface area (Å²) < 4.78 is 11.5. The molecule has 1 unspecified atom stereocenters. The minimum atomic E-state index is -0.958. The number of fused-ring (bicyclic) bond motifs is 2. The molecule has 1 heterocycles. The van der Waals surface area contributed by atoms with E-state index in [0.717, 1.165) is 40.2 Å². The summed E-state index contributed by atoms with van der Waals surface area (Å²) in [5.74, 6) is 2.14. The first-order valence-corrected chi connectivity index (χ1v) is 11.9. The second-order valence-electron chi connectivity index (χ2n) is 8.27. The Bertz CT molecular complexity index is 1040. The van der Waals surface area contributed by atoms with Gasteiger partial charge in [0.05, 0.1) is 18.9 Å². The monoisotopic (exact) mass is 482 g/mol. The van der Waals surface area contributed by atoms with Gasteiger partial charge in [-0.3, -0.25) is 4.99 Å². The fourth-order valence-electron chi connectivity index (χ4n) is 3.84. The average Bonchev–Trinajstić information content (AvgIpc) is 2.87. The molecule has 0 bridgehead atoms. The lowest BCUT2D eigenvalue weighted by Gasteiger charge is -2.30. The number of ether oxygens (including phenoxy) is 2. The summed E-state index contributed by atoms with van der Waals surface area (Å²) >= 11 is 0. The molecular weight excluding hydrogens is 448 g/mol. The molecule has 35 heavy (non-hydrogen) atoms. The van der Waals surface area contributed by atoms with Crippen LogP contribution in [0.1, 0.15) is 42.4 Å². The van der Waals surface area contributed by atoms with E-state index in [-0.39, 0.29) is 19.8 Å². The summed E-state index contributed by atoms with van der Waals surface area (Å²) in [7, 11) is 1.75. The van der Waals surface area contributed by atoms with Gasteiger partial charge in [0, 0.05) is 45.5 Å². The summed E-state index contributed by atoms with van der Waals surface area (Å²) in [6.45, 7) is 0.653. The fourth-order valence-corrected chi connectivity index (χ4v) is 3.84. The number of benzene rings is 2. The molecule has 8 heteroatoms. The molecule has 0 aromatic heterocycles. The largest absolute Gasteiger partial charge is 0.493 e. The first kappa shape index (κ1) is 26.4. The smallest absolute Gasteiger partial charge is 0.121 e. The van der Waals surface area contributed by atoms with E-state index in [1.165, 1.54) is 0 Å². The maximum absolute atomic E-state index is 10.9. The summed E-state index contributed by atoms with van der Waals surface area (Å²) in [5.41, 5.74) is 3.98. The Balaban J connectivity index is 1.99. The number of aliphatic hydroxyl groups excluding tert-OH is 3. The van der Waals surface area contributed by atoms with E-state index < -0.39 is 6.10 Å². The zero-order valence-electron chi connectivity index (χ0n) is 20.1. The second kappa shape index (κ2) is 13.6. The lowest BCUT2D eigenvalue weighted by atomic mass is 10.00. The first-order chi connectivity index (χ1) is 17.1. The van der Waals surface area contributed by atoms with Crippen LogP contribution in [0.25, 0.3) is 12.2 Å². The Morgan fingerprint density at radius 3 is 2.54 bits per heavy atom. The van der Waals surface area contributed by atoms with Gasteiger partial charge in [0.25, 0.3) is 0 Å². The van der Waals surface area contributed by atoms with Crippen LogP contribution in [0.4, 0.5) is 5.69 Å². The molecule has 1 aliphatic heterocycles. The average molecular weight is 483 g/mol. The summed E-state index contributed by atoms with van der Waals surface area (Å²) in [6, 6.07) is 11.6. The number of carbonyl (C=O) groups excluding carboxylic acids is 1. The second-order valence-corrected chi connectivity index (χ2v) is 8.27. The molecule has 2 aromatic carbocycles. The van der Waals surface area contributed by atoms with Crippen LogP contribution >= 0.6 is 0 Å². The Morgan fingerprint density at radius 2 is 1.83 bits per heavy atom. The van der Waals surface area contributed by atoms with Crippen molar-refractivity contribution in [1.82, 2.24) is 0 Å². The highest BCUT2D eigenvalue weighted by Crippen LogP contribution is 2.34. The Labute approximate surface area is 206 Å². The van der Waals surface area contributed by atoms with E-state index >= 15 is 0 Å². The van der Waals surface area contributed by atoms with Crippen LogP contribution < -0.4 is 14.4 Å². The molecule has 188 valence electrons. The van der Waals surface area contributed by atoms with E-state index in [0.29, 0.717) is 44.6 Å². The predicted molar refractivity (Wildman–Crippen MR) is 137 cm³/mol. The summed E-state index contributed by atoms with van der Waals surface area (Å²) in [6.07, 6.45) is 6.41. The van der Waals surface area contributed by atoms with Crippen molar-refractivity contribution < 1.29 is 29.6 Å². The molecule has 3 N–H and O–H groups in total. The van der Waals surface area contributed by atoms with Crippen LogP contribution in [0.15, 0.2) is 41.4 Å². The highest BCUT2D eigenvalue weighted by molar-refractivity contribution is 6.00. The maximum atomic E-state index is 10.9. The molecule has 0 saturated heterocycles. The van der Waals surface area contributed by atoms with E-state index in [4.69, 9.17) is 19.7 Å². The van der Waals surface area contributed by atoms with Crippen LogP contribution in [0.2, 0.25) is 0 Å². The van der Waals surface area contributed by atoms with Gasteiger partial charge >= 0.3 is 0 Å². The van der Waals surface area contributed by atoms with Crippen molar-refractivity contribution in [2.75, 3.05) is 38.4 Å². The van der Waals surface area contributed by atoms with Crippen molar-refractivity contribution in [1.29, 1.82) is 0 Å². The summed E-state index contributed by atoms with van der Waals surface area (Å²) in [4.78, 5) is 17.6. The van der Waals surface area contributed by atoms with E-state index in [2.05, 4.69) is 16.0 Å². The third-order valence-electron chi connectivity index (χ3n) is 5.69. The van der Waals surface area contributed by atoms with Crippen molar-refractivity contribution >= 4 is 30.0 Å². The normalized spacial score (nSPS) is 14.9. The predicted octanol–water partition coefficient (Wildman–Crippen LogP) is 3.07. The Morgan fingerprint density at radius 1 is 1.09 bits per heavy atom. The number of hydrogen-bond acceptors (Lipinski definition) is 7. The maximum Gasteiger partial charge on any atom is 0.121 e. The van der Waals surface area contributed by atoms with Gasteiger partial charge in [0.15, 0.2) is 0 Å². The van der Waals surface area contributed by atoms with Gasteiger partial charge in [0.2, 0.25) is 0 Å². The molecule has 0 amide bonds. The van der Waals surface area contributed by atoms with Crippen LogP contribution in [0, 0.1) is 0 Å². The molecule has 1 atom stereocenters. The number of aldehydes is 1. The quantitative estimate of drug-likeness (QED) is 0.184. The number of rotatable bonds is 12. The third kappa shape index (κ3) is 7.39. The molecule has 3 rings (SSSR count). The minimum Gasteiger partial charge on any atom is -0.493 e. The number of amidine groups is 1. The first-order valence-electron chi connectivity index (χ1n) is 11.9. The third-order valence-corrected chi connectivity index (χ3v) is 5.69. The molecule has 2 aromatic rings. The van der Waals surface area contributed by atoms with E-state index in [1.54, 1.807) is 7.05 Å². The van der Waals surface area contributed by atoms with E-state index in [1.807, 2.05) is 42.5 Å². The molecule has 0 radical (unpaired) electrons. The van der Waals surface area contributed by atoms with Gasteiger partial charge in [-0.2, -0.15) is 0 Å².